The summed E-state index contributed by atoms with van der Waals surface area (Å²) in [7, 11) is 0. The Labute approximate surface area is 118 Å². The normalized spacial score (nSPS) is 15.7. The fourth-order valence-electron chi connectivity index (χ4n) is 2.72. The summed E-state index contributed by atoms with van der Waals surface area (Å²) in [4.78, 5) is 10.5. The lowest BCUT2D eigenvalue weighted by Gasteiger charge is -2.40. The fraction of sp³-hybridized carbons (Fsp3) is 0.467. The zero-order valence-electron chi connectivity index (χ0n) is 11.8. The number of halogens is 1. The van der Waals surface area contributed by atoms with Gasteiger partial charge < -0.3 is 9.47 Å². The zero-order valence-corrected chi connectivity index (χ0v) is 11.8. The van der Waals surface area contributed by atoms with E-state index >= 15 is 0 Å². The van der Waals surface area contributed by atoms with E-state index in [9.17, 15) is 4.39 Å². The van der Waals surface area contributed by atoms with Crippen molar-refractivity contribution in [3.63, 3.8) is 0 Å². The average molecular weight is 274 g/mol. The van der Waals surface area contributed by atoms with E-state index in [-0.39, 0.29) is 5.82 Å². The predicted molar refractivity (Wildman–Crippen MR) is 76.2 cm³/mol. The van der Waals surface area contributed by atoms with Crippen LogP contribution in [0.25, 0.3) is 0 Å². The molecule has 0 aromatic carbocycles. The van der Waals surface area contributed by atoms with E-state index in [1.807, 2.05) is 17.3 Å². The van der Waals surface area contributed by atoms with Crippen molar-refractivity contribution in [3.05, 3.63) is 42.4 Å². The van der Waals surface area contributed by atoms with Crippen molar-refractivity contribution in [1.82, 2.24) is 14.5 Å². The van der Waals surface area contributed by atoms with Crippen molar-refractivity contribution >= 4 is 5.82 Å². The summed E-state index contributed by atoms with van der Waals surface area (Å²) in [5, 5.41) is 0. The van der Waals surface area contributed by atoms with Gasteiger partial charge in [0.1, 0.15) is 5.82 Å². The average Bonchev–Trinajstić information content (AvgIpc) is 2.83. The molecule has 3 rings (SSSR count). The van der Waals surface area contributed by atoms with Crippen molar-refractivity contribution in [1.29, 1.82) is 0 Å². The van der Waals surface area contributed by atoms with Crippen molar-refractivity contribution in [2.24, 2.45) is 5.92 Å². The maximum atomic E-state index is 13.6. The van der Waals surface area contributed by atoms with Gasteiger partial charge in [0.15, 0.2) is 11.6 Å². The molecule has 1 aliphatic rings. The van der Waals surface area contributed by atoms with Gasteiger partial charge in [-0.3, -0.25) is 0 Å². The summed E-state index contributed by atoms with van der Waals surface area (Å²) in [6, 6.07) is 3.08. The summed E-state index contributed by atoms with van der Waals surface area (Å²) in [6.07, 6.45) is 5.52. The highest BCUT2D eigenvalue weighted by Gasteiger charge is 2.30. The summed E-state index contributed by atoms with van der Waals surface area (Å²) in [5.41, 5.74) is 0. The molecule has 5 heteroatoms. The molecule has 0 aliphatic carbocycles. The van der Waals surface area contributed by atoms with Gasteiger partial charge in [-0.05, 0) is 12.1 Å². The minimum Gasteiger partial charge on any atom is -0.353 e. The van der Waals surface area contributed by atoms with Crippen LogP contribution in [0.4, 0.5) is 10.2 Å². The zero-order chi connectivity index (χ0) is 14.1. The van der Waals surface area contributed by atoms with Crippen LogP contribution in [0.5, 0.6) is 0 Å². The molecule has 0 bridgehead atoms. The molecule has 4 nitrogen and oxygen atoms in total. The van der Waals surface area contributed by atoms with Crippen LogP contribution in [0.3, 0.4) is 0 Å². The Morgan fingerprint density at radius 1 is 1.30 bits per heavy atom. The molecule has 0 spiro atoms. The Bertz CT molecular complexity index is 587. The molecular formula is C15H19FN4. The maximum Gasteiger partial charge on any atom is 0.165 e. The van der Waals surface area contributed by atoms with Crippen molar-refractivity contribution in [2.75, 3.05) is 18.0 Å². The SMILES string of the molecule is CC(C)c1nccn1CC1CN(c2ncccc2F)C1. The summed E-state index contributed by atoms with van der Waals surface area (Å²) >= 11 is 0. The van der Waals surface area contributed by atoms with Crippen LogP contribution in [0.15, 0.2) is 30.7 Å². The Morgan fingerprint density at radius 2 is 2.10 bits per heavy atom. The van der Waals surface area contributed by atoms with E-state index in [0.29, 0.717) is 17.7 Å². The van der Waals surface area contributed by atoms with Gasteiger partial charge in [0.2, 0.25) is 0 Å². The summed E-state index contributed by atoms with van der Waals surface area (Å²) in [6.45, 7) is 6.94. The smallest absolute Gasteiger partial charge is 0.165 e. The van der Waals surface area contributed by atoms with E-state index in [4.69, 9.17) is 0 Å². The molecule has 0 saturated carbocycles. The number of aromatic nitrogens is 3. The molecule has 1 fully saturated rings. The minimum atomic E-state index is -0.239. The van der Waals surface area contributed by atoms with Gasteiger partial charge in [0.05, 0.1) is 0 Å². The van der Waals surface area contributed by atoms with Crippen LogP contribution in [0, 0.1) is 11.7 Å². The number of hydrogen-bond donors (Lipinski definition) is 0. The fourth-order valence-corrected chi connectivity index (χ4v) is 2.72. The van der Waals surface area contributed by atoms with E-state index in [0.717, 1.165) is 25.5 Å². The molecule has 1 saturated heterocycles. The van der Waals surface area contributed by atoms with Crippen LogP contribution in [0.1, 0.15) is 25.6 Å². The molecule has 3 heterocycles. The molecule has 0 amide bonds. The van der Waals surface area contributed by atoms with Gasteiger partial charge in [-0.25, -0.2) is 14.4 Å². The van der Waals surface area contributed by atoms with Crippen molar-refractivity contribution in [3.8, 4) is 0 Å². The first kappa shape index (κ1) is 13.1. The highest BCUT2D eigenvalue weighted by atomic mass is 19.1. The van der Waals surface area contributed by atoms with Crippen LogP contribution in [-0.2, 0) is 6.54 Å². The van der Waals surface area contributed by atoms with Crippen molar-refractivity contribution in [2.45, 2.75) is 26.3 Å². The predicted octanol–water partition coefficient (Wildman–Crippen LogP) is 2.68. The highest BCUT2D eigenvalue weighted by molar-refractivity contribution is 5.42. The number of nitrogens with zero attached hydrogens (tertiary/aromatic N) is 4. The number of pyridine rings is 1. The molecule has 106 valence electrons. The van der Waals surface area contributed by atoms with Crippen molar-refractivity contribution < 1.29 is 4.39 Å². The maximum absolute atomic E-state index is 13.6. The Morgan fingerprint density at radius 3 is 2.80 bits per heavy atom. The van der Waals surface area contributed by atoms with Crippen LogP contribution in [0.2, 0.25) is 0 Å². The molecule has 0 radical (unpaired) electrons. The lowest BCUT2D eigenvalue weighted by Crippen LogP contribution is -2.49. The minimum absolute atomic E-state index is 0.239. The third kappa shape index (κ3) is 2.40. The summed E-state index contributed by atoms with van der Waals surface area (Å²) < 4.78 is 15.8. The number of anilines is 1. The van der Waals surface area contributed by atoms with Gasteiger partial charge in [-0.15, -0.1) is 0 Å². The lowest BCUT2D eigenvalue weighted by molar-refractivity contribution is 0.345. The monoisotopic (exact) mass is 274 g/mol. The molecule has 1 aliphatic heterocycles. The standard InChI is InChI=1S/C15H19FN4/c1-11(2)14-18-6-7-19(14)8-12-9-20(10-12)15-13(16)4-3-5-17-15/h3-7,11-12H,8-10H2,1-2H3. The van der Waals surface area contributed by atoms with E-state index < -0.39 is 0 Å². The van der Waals surface area contributed by atoms with Gasteiger partial charge in [0, 0.05) is 50.1 Å². The van der Waals surface area contributed by atoms with Crippen LogP contribution < -0.4 is 4.90 Å². The molecule has 0 unspecified atom stereocenters. The third-order valence-electron chi connectivity index (χ3n) is 3.71. The summed E-state index contributed by atoms with van der Waals surface area (Å²) in [5.74, 6) is 2.31. The number of hydrogen-bond acceptors (Lipinski definition) is 3. The molecule has 2 aromatic rings. The molecule has 2 aromatic heterocycles. The second-order valence-corrected chi connectivity index (χ2v) is 5.67. The second kappa shape index (κ2) is 5.23. The van der Waals surface area contributed by atoms with Gasteiger partial charge in [-0.2, -0.15) is 0 Å². The Kier molecular flexibility index (Phi) is 3.42. The quantitative estimate of drug-likeness (QED) is 0.859. The van der Waals surface area contributed by atoms with E-state index in [1.54, 1.807) is 12.3 Å². The molecule has 0 N–H and O–H groups in total. The second-order valence-electron chi connectivity index (χ2n) is 5.67. The van der Waals surface area contributed by atoms with Crippen LogP contribution in [-0.4, -0.2) is 27.6 Å². The Hall–Kier alpha value is -1.91. The van der Waals surface area contributed by atoms with E-state index in [2.05, 4.69) is 28.4 Å². The van der Waals surface area contributed by atoms with Gasteiger partial charge >= 0.3 is 0 Å². The van der Waals surface area contributed by atoms with Gasteiger partial charge in [0.25, 0.3) is 0 Å². The molecule has 20 heavy (non-hydrogen) atoms. The molecular weight excluding hydrogens is 255 g/mol. The lowest BCUT2D eigenvalue weighted by atomic mass is 9.99. The number of imidazole rings is 1. The first-order chi connectivity index (χ1) is 9.65. The van der Waals surface area contributed by atoms with Crippen LogP contribution >= 0.6 is 0 Å². The third-order valence-corrected chi connectivity index (χ3v) is 3.71. The topological polar surface area (TPSA) is 34.0 Å². The largest absolute Gasteiger partial charge is 0.353 e. The Balaban J connectivity index is 1.61. The first-order valence-electron chi connectivity index (χ1n) is 7.01. The van der Waals surface area contributed by atoms with E-state index in [1.165, 1.54) is 6.07 Å². The first-order valence-corrected chi connectivity index (χ1v) is 7.01. The highest BCUT2D eigenvalue weighted by Crippen LogP contribution is 2.26. The number of rotatable bonds is 4. The van der Waals surface area contributed by atoms with Gasteiger partial charge in [-0.1, -0.05) is 13.8 Å². The molecule has 0 atom stereocenters.